The lowest BCUT2D eigenvalue weighted by molar-refractivity contribution is 0.0976. The van der Waals surface area contributed by atoms with Crippen molar-refractivity contribution >= 4 is 40.5 Å². The van der Waals surface area contributed by atoms with Crippen molar-refractivity contribution in [3.05, 3.63) is 71.8 Å². The summed E-state index contributed by atoms with van der Waals surface area (Å²) < 4.78 is 21.3. The number of methoxy groups -OCH3 is 3. The first kappa shape index (κ1) is 26.3. The normalized spacial score (nSPS) is 10.1. The smallest absolute Gasteiger partial charge is 0.257 e. The second kappa shape index (κ2) is 12.4. The fourth-order valence-corrected chi connectivity index (χ4v) is 3.53. The molecule has 0 spiro atoms. The number of nitrogens with one attached hydrogen (secondary N) is 3. The van der Waals surface area contributed by atoms with Gasteiger partial charge in [-0.3, -0.25) is 14.9 Å². The van der Waals surface area contributed by atoms with E-state index in [-0.39, 0.29) is 16.6 Å². The van der Waals surface area contributed by atoms with Crippen LogP contribution in [0.15, 0.2) is 60.7 Å². The minimum Gasteiger partial charge on any atom is -0.494 e. The van der Waals surface area contributed by atoms with E-state index in [1.54, 1.807) is 48.5 Å². The van der Waals surface area contributed by atoms with Crippen molar-refractivity contribution in [2.45, 2.75) is 6.92 Å². The maximum absolute atomic E-state index is 12.9. The molecule has 0 fully saturated rings. The Morgan fingerprint density at radius 2 is 1.47 bits per heavy atom. The monoisotopic (exact) mass is 509 g/mol. The second-order valence-corrected chi connectivity index (χ2v) is 7.69. The first-order valence-corrected chi connectivity index (χ1v) is 11.4. The third-order valence-corrected chi connectivity index (χ3v) is 5.20. The molecule has 0 aliphatic carbocycles. The summed E-state index contributed by atoms with van der Waals surface area (Å²) in [6.45, 7) is 2.46. The lowest BCUT2D eigenvalue weighted by Gasteiger charge is -2.15. The molecule has 0 atom stereocenters. The van der Waals surface area contributed by atoms with E-state index in [0.717, 1.165) is 0 Å². The molecule has 0 aromatic heterocycles. The predicted octanol–water partition coefficient (Wildman–Crippen LogP) is 4.49. The van der Waals surface area contributed by atoms with Gasteiger partial charge in [0.2, 0.25) is 5.75 Å². The van der Waals surface area contributed by atoms with Crippen molar-refractivity contribution < 1.29 is 28.5 Å². The van der Waals surface area contributed by atoms with Crippen LogP contribution < -0.4 is 34.9 Å². The topological polar surface area (TPSA) is 107 Å². The second-order valence-electron chi connectivity index (χ2n) is 7.28. The van der Waals surface area contributed by atoms with Gasteiger partial charge in [0.1, 0.15) is 5.75 Å². The number of amides is 2. The van der Waals surface area contributed by atoms with Crippen molar-refractivity contribution in [1.29, 1.82) is 0 Å². The van der Waals surface area contributed by atoms with Gasteiger partial charge in [-0.05, 0) is 67.7 Å². The van der Waals surface area contributed by atoms with E-state index in [0.29, 0.717) is 46.5 Å². The van der Waals surface area contributed by atoms with E-state index in [1.807, 2.05) is 6.92 Å². The number of hydrogen-bond donors (Lipinski definition) is 3. The zero-order valence-corrected chi connectivity index (χ0v) is 21.2. The van der Waals surface area contributed by atoms with Crippen LogP contribution in [0.1, 0.15) is 27.6 Å². The molecule has 0 unspecified atom stereocenters. The molecule has 10 heteroatoms. The Labute approximate surface area is 214 Å². The Hall–Kier alpha value is -4.31. The first-order chi connectivity index (χ1) is 17.4. The van der Waals surface area contributed by atoms with Gasteiger partial charge in [-0.2, -0.15) is 0 Å². The minimum atomic E-state index is -0.497. The highest BCUT2D eigenvalue weighted by atomic mass is 32.1. The molecule has 2 amide bonds. The zero-order chi connectivity index (χ0) is 26.1. The van der Waals surface area contributed by atoms with Gasteiger partial charge in [0.15, 0.2) is 16.6 Å². The first-order valence-electron chi connectivity index (χ1n) is 11.0. The summed E-state index contributed by atoms with van der Waals surface area (Å²) in [4.78, 5) is 25.8. The van der Waals surface area contributed by atoms with E-state index in [2.05, 4.69) is 16.0 Å². The van der Waals surface area contributed by atoms with E-state index < -0.39 is 5.91 Å². The number of ether oxygens (including phenoxy) is 4. The maximum atomic E-state index is 12.9. The standard InChI is InChI=1S/C26H27N3O6S/c1-5-35-18-12-10-17(11-13-18)27-25(31)19-8-6-7-9-20(19)28-26(36)29-24(30)16-14-21(32-2)23(34-4)22(15-16)33-3/h6-15H,5H2,1-4H3,(H,27,31)(H2,28,29,30,36). The highest BCUT2D eigenvalue weighted by molar-refractivity contribution is 7.80. The summed E-state index contributed by atoms with van der Waals surface area (Å²) in [6.07, 6.45) is 0. The van der Waals surface area contributed by atoms with Gasteiger partial charge in [0, 0.05) is 11.3 Å². The van der Waals surface area contributed by atoms with Gasteiger partial charge in [-0.1, -0.05) is 12.1 Å². The van der Waals surface area contributed by atoms with Gasteiger partial charge in [-0.15, -0.1) is 0 Å². The lowest BCUT2D eigenvalue weighted by Crippen LogP contribution is -2.34. The van der Waals surface area contributed by atoms with Crippen LogP contribution in [0.25, 0.3) is 0 Å². The molecule has 0 saturated heterocycles. The molecule has 36 heavy (non-hydrogen) atoms. The zero-order valence-electron chi connectivity index (χ0n) is 20.3. The Morgan fingerprint density at radius 1 is 0.833 bits per heavy atom. The fourth-order valence-electron chi connectivity index (χ4n) is 3.33. The number of carbonyl (C=O) groups is 2. The van der Waals surface area contributed by atoms with Crippen molar-refractivity contribution in [1.82, 2.24) is 5.32 Å². The summed E-state index contributed by atoms with van der Waals surface area (Å²) in [5.41, 5.74) is 1.62. The van der Waals surface area contributed by atoms with Crippen LogP contribution in [-0.4, -0.2) is 44.9 Å². The minimum absolute atomic E-state index is 0.00932. The predicted molar refractivity (Wildman–Crippen MR) is 142 cm³/mol. The molecule has 3 rings (SSSR count). The maximum Gasteiger partial charge on any atom is 0.257 e. The van der Waals surface area contributed by atoms with Crippen molar-refractivity contribution in [3.8, 4) is 23.0 Å². The van der Waals surface area contributed by atoms with Gasteiger partial charge in [0.25, 0.3) is 11.8 Å². The molecule has 0 aliphatic heterocycles. The molecule has 0 saturated carbocycles. The van der Waals surface area contributed by atoms with Gasteiger partial charge in [0.05, 0.1) is 39.2 Å². The molecular weight excluding hydrogens is 482 g/mol. The Bertz CT molecular complexity index is 1220. The van der Waals surface area contributed by atoms with Crippen LogP contribution >= 0.6 is 12.2 Å². The largest absolute Gasteiger partial charge is 0.494 e. The van der Waals surface area contributed by atoms with E-state index >= 15 is 0 Å². The Morgan fingerprint density at radius 3 is 2.06 bits per heavy atom. The molecule has 9 nitrogen and oxygen atoms in total. The summed E-state index contributed by atoms with van der Waals surface area (Å²) in [6, 6.07) is 16.9. The van der Waals surface area contributed by atoms with E-state index in [1.165, 1.54) is 33.5 Å². The number of benzene rings is 3. The number of hydrogen-bond acceptors (Lipinski definition) is 7. The Balaban J connectivity index is 1.71. The molecule has 0 bridgehead atoms. The number of para-hydroxylation sites is 1. The van der Waals surface area contributed by atoms with E-state index in [9.17, 15) is 9.59 Å². The molecular formula is C26H27N3O6S. The number of anilines is 2. The van der Waals surface area contributed by atoms with Crippen molar-refractivity contribution in [2.24, 2.45) is 0 Å². The number of thiocarbonyl (C=S) groups is 1. The lowest BCUT2D eigenvalue weighted by atomic mass is 10.1. The molecule has 3 N–H and O–H groups in total. The number of carbonyl (C=O) groups excluding carboxylic acids is 2. The van der Waals surface area contributed by atoms with Crippen LogP contribution in [0.5, 0.6) is 23.0 Å². The average Bonchev–Trinajstić information content (AvgIpc) is 2.89. The summed E-state index contributed by atoms with van der Waals surface area (Å²) in [5.74, 6) is 0.897. The highest BCUT2D eigenvalue weighted by Crippen LogP contribution is 2.38. The fraction of sp³-hybridized carbons (Fsp3) is 0.192. The van der Waals surface area contributed by atoms with E-state index in [4.69, 9.17) is 31.2 Å². The van der Waals surface area contributed by atoms with Gasteiger partial charge in [-0.25, -0.2) is 0 Å². The van der Waals surface area contributed by atoms with Crippen molar-refractivity contribution in [3.63, 3.8) is 0 Å². The Kier molecular flexibility index (Phi) is 9.07. The SMILES string of the molecule is CCOc1ccc(NC(=O)c2ccccc2NC(=S)NC(=O)c2cc(OC)c(OC)c(OC)c2)cc1. The van der Waals surface area contributed by atoms with Crippen LogP contribution in [0.4, 0.5) is 11.4 Å². The van der Waals surface area contributed by atoms with Crippen LogP contribution in [0.3, 0.4) is 0 Å². The van der Waals surface area contributed by atoms with Crippen molar-refractivity contribution in [2.75, 3.05) is 38.6 Å². The number of rotatable bonds is 9. The highest BCUT2D eigenvalue weighted by Gasteiger charge is 2.18. The third kappa shape index (κ3) is 6.42. The molecule has 0 aliphatic rings. The summed E-state index contributed by atoms with van der Waals surface area (Å²) >= 11 is 5.32. The molecule has 0 radical (unpaired) electrons. The van der Waals surface area contributed by atoms with Crippen LogP contribution in [0.2, 0.25) is 0 Å². The molecule has 188 valence electrons. The van der Waals surface area contributed by atoms with Gasteiger partial charge >= 0.3 is 0 Å². The summed E-state index contributed by atoms with van der Waals surface area (Å²) in [7, 11) is 4.39. The third-order valence-electron chi connectivity index (χ3n) is 5.00. The molecule has 3 aromatic rings. The van der Waals surface area contributed by atoms with Gasteiger partial charge < -0.3 is 29.6 Å². The molecule has 0 heterocycles. The van der Waals surface area contributed by atoms with Crippen LogP contribution in [-0.2, 0) is 0 Å². The average molecular weight is 510 g/mol. The quantitative estimate of drug-likeness (QED) is 0.362. The summed E-state index contributed by atoms with van der Waals surface area (Å²) in [5, 5.41) is 8.37. The molecule has 3 aromatic carbocycles. The van der Waals surface area contributed by atoms with Crippen LogP contribution in [0, 0.1) is 0 Å².